The lowest BCUT2D eigenvalue weighted by molar-refractivity contribution is 0.446. The smallest absolute Gasteiger partial charge is 0.245 e. The molecule has 0 saturated heterocycles. The molecule has 2 aromatic rings. The van der Waals surface area contributed by atoms with Gasteiger partial charge in [0.25, 0.3) is 0 Å². The minimum Gasteiger partial charge on any atom is -0.398 e. The van der Waals surface area contributed by atoms with Crippen LogP contribution < -0.4 is 5.73 Å². The van der Waals surface area contributed by atoms with E-state index in [2.05, 4.69) is 4.98 Å². The maximum absolute atomic E-state index is 12.6. The van der Waals surface area contributed by atoms with Gasteiger partial charge in [-0.3, -0.25) is 4.98 Å². The van der Waals surface area contributed by atoms with Gasteiger partial charge in [-0.1, -0.05) is 13.8 Å². The summed E-state index contributed by atoms with van der Waals surface area (Å²) in [6.45, 7) is 4.48. The van der Waals surface area contributed by atoms with E-state index in [-0.39, 0.29) is 4.90 Å². The molecule has 1 aromatic heterocycles. The molecule has 2 rings (SSSR count). The molecular formula is C13H17N3O2S. The number of pyridine rings is 1. The topological polar surface area (TPSA) is 76.3 Å². The van der Waals surface area contributed by atoms with Crippen LogP contribution in [0.1, 0.15) is 13.8 Å². The van der Waals surface area contributed by atoms with E-state index in [0.717, 1.165) is 0 Å². The van der Waals surface area contributed by atoms with Crippen LogP contribution in [0.25, 0.3) is 10.9 Å². The monoisotopic (exact) mass is 279 g/mol. The molecule has 0 aliphatic heterocycles. The summed E-state index contributed by atoms with van der Waals surface area (Å²) in [5, 5.41) is 0.663. The van der Waals surface area contributed by atoms with Crippen molar-refractivity contribution in [3.8, 4) is 0 Å². The van der Waals surface area contributed by atoms with Crippen LogP contribution in [0.5, 0.6) is 0 Å². The number of nitrogens with two attached hydrogens (primary N) is 1. The molecule has 0 radical (unpaired) electrons. The summed E-state index contributed by atoms with van der Waals surface area (Å²) in [6.07, 6.45) is 1.57. The van der Waals surface area contributed by atoms with Crippen molar-refractivity contribution in [2.24, 2.45) is 0 Å². The number of anilines is 1. The number of nitrogen functional groups attached to an aromatic ring is 1. The highest BCUT2D eigenvalue weighted by atomic mass is 32.2. The fourth-order valence-electron chi connectivity index (χ4n) is 2.08. The average molecular weight is 279 g/mol. The van der Waals surface area contributed by atoms with Crippen molar-refractivity contribution in [2.45, 2.75) is 18.7 Å². The Bertz CT molecular complexity index is 694. The third-order valence-electron chi connectivity index (χ3n) is 3.09. The number of sulfonamides is 1. The van der Waals surface area contributed by atoms with Gasteiger partial charge in [-0.15, -0.1) is 0 Å². The fraction of sp³-hybridized carbons (Fsp3) is 0.308. The summed E-state index contributed by atoms with van der Waals surface area (Å²) in [5.41, 5.74) is 6.82. The van der Waals surface area contributed by atoms with Crippen molar-refractivity contribution < 1.29 is 8.42 Å². The van der Waals surface area contributed by atoms with Gasteiger partial charge >= 0.3 is 0 Å². The molecule has 1 aromatic carbocycles. The molecular weight excluding hydrogens is 262 g/mol. The van der Waals surface area contributed by atoms with E-state index in [9.17, 15) is 8.42 Å². The Labute approximate surface area is 113 Å². The zero-order chi connectivity index (χ0) is 14.0. The van der Waals surface area contributed by atoms with Crippen molar-refractivity contribution in [2.75, 3.05) is 18.8 Å². The lowest BCUT2D eigenvalue weighted by atomic mass is 10.2. The van der Waals surface area contributed by atoms with E-state index >= 15 is 0 Å². The van der Waals surface area contributed by atoms with Crippen LogP contribution in [0, 0.1) is 0 Å². The molecule has 0 bridgehead atoms. The SMILES string of the molecule is CCN(CC)S(=O)(=O)c1ccc(N)c2cccnc12. The third kappa shape index (κ3) is 2.29. The minimum atomic E-state index is -3.53. The van der Waals surface area contributed by atoms with Gasteiger partial charge in [-0.05, 0) is 24.3 Å². The van der Waals surface area contributed by atoms with Gasteiger partial charge < -0.3 is 5.73 Å². The van der Waals surface area contributed by atoms with Crippen LogP contribution in [-0.2, 0) is 10.0 Å². The van der Waals surface area contributed by atoms with Crippen molar-refractivity contribution in [3.63, 3.8) is 0 Å². The molecule has 1 heterocycles. The Balaban J connectivity index is 2.74. The average Bonchev–Trinajstić information content (AvgIpc) is 2.40. The quantitative estimate of drug-likeness (QED) is 0.866. The van der Waals surface area contributed by atoms with E-state index in [1.54, 1.807) is 24.4 Å². The van der Waals surface area contributed by atoms with Crippen LogP contribution in [0.15, 0.2) is 35.4 Å². The van der Waals surface area contributed by atoms with Gasteiger partial charge in [-0.25, -0.2) is 8.42 Å². The number of hydrogen-bond donors (Lipinski definition) is 1. The summed E-state index contributed by atoms with van der Waals surface area (Å²) in [7, 11) is -3.53. The van der Waals surface area contributed by atoms with E-state index in [1.165, 1.54) is 10.4 Å². The van der Waals surface area contributed by atoms with Crippen LogP contribution >= 0.6 is 0 Å². The molecule has 19 heavy (non-hydrogen) atoms. The first-order valence-corrected chi connectivity index (χ1v) is 7.59. The van der Waals surface area contributed by atoms with E-state index in [0.29, 0.717) is 29.7 Å². The van der Waals surface area contributed by atoms with Crippen molar-refractivity contribution >= 4 is 26.6 Å². The highest BCUT2D eigenvalue weighted by Crippen LogP contribution is 2.27. The maximum atomic E-state index is 12.6. The zero-order valence-corrected chi connectivity index (χ0v) is 11.8. The van der Waals surface area contributed by atoms with Gasteiger partial charge in [0.15, 0.2) is 0 Å². The maximum Gasteiger partial charge on any atom is 0.245 e. The number of fused-ring (bicyclic) bond motifs is 1. The molecule has 102 valence electrons. The molecule has 0 unspecified atom stereocenters. The first-order chi connectivity index (χ1) is 9.02. The second-order valence-corrected chi connectivity index (χ2v) is 6.05. The Kier molecular flexibility index (Phi) is 3.73. The van der Waals surface area contributed by atoms with Gasteiger partial charge in [0.2, 0.25) is 10.0 Å². The molecule has 0 saturated carbocycles. The van der Waals surface area contributed by atoms with Crippen molar-refractivity contribution in [1.82, 2.24) is 9.29 Å². The third-order valence-corrected chi connectivity index (χ3v) is 5.17. The first-order valence-electron chi connectivity index (χ1n) is 6.15. The van der Waals surface area contributed by atoms with Gasteiger partial charge in [0, 0.05) is 30.4 Å². The lowest BCUT2D eigenvalue weighted by Crippen LogP contribution is -2.30. The Morgan fingerprint density at radius 1 is 1.21 bits per heavy atom. The van der Waals surface area contributed by atoms with Crippen LogP contribution in [0.4, 0.5) is 5.69 Å². The highest BCUT2D eigenvalue weighted by Gasteiger charge is 2.24. The van der Waals surface area contributed by atoms with Gasteiger partial charge in [-0.2, -0.15) is 4.31 Å². The molecule has 2 N–H and O–H groups in total. The van der Waals surface area contributed by atoms with Crippen LogP contribution in [0.2, 0.25) is 0 Å². The van der Waals surface area contributed by atoms with Gasteiger partial charge in [0.1, 0.15) is 4.90 Å². The van der Waals surface area contributed by atoms with E-state index in [1.807, 2.05) is 13.8 Å². The fourth-order valence-corrected chi connectivity index (χ4v) is 3.68. The predicted octanol–water partition coefficient (Wildman–Crippen LogP) is 1.85. The number of aromatic nitrogens is 1. The summed E-state index contributed by atoms with van der Waals surface area (Å²) in [4.78, 5) is 4.38. The highest BCUT2D eigenvalue weighted by molar-refractivity contribution is 7.89. The molecule has 5 nitrogen and oxygen atoms in total. The van der Waals surface area contributed by atoms with Gasteiger partial charge in [0.05, 0.1) is 5.52 Å². The van der Waals surface area contributed by atoms with E-state index < -0.39 is 10.0 Å². The summed E-state index contributed by atoms with van der Waals surface area (Å²) in [5.74, 6) is 0. The second kappa shape index (κ2) is 5.14. The molecule has 0 atom stereocenters. The number of nitrogens with zero attached hydrogens (tertiary/aromatic N) is 2. The van der Waals surface area contributed by atoms with Crippen molar-refractivity contribution in [1.29, 1.82) is 0 Å². The predicted molar refractivity (Wildman–Crippen MR) is 76.3 cm³/mol. The minimum absolute atomic E-state index is 0.209. The Hall–Kier alpha value is -1.66. The molecule has 0 fully saturated rings. The van der Waals surface area contributed by atoms with Crippen LogP contribution in [0.3, 0.4) is 0 Å². The van der Waals surface area contributed by atoms with Crippen LogP contribution in [-0.4, -0.2) is 30.8 Å². The number of hydrogen-bond acceptors (Lipinski definition) is 4. The molecule has 0 amide bonds. The number of rotatable bonds is 4. The first kappa shape index (κ1) is 13.8. The Morgan fingerprint density at radius 3 is 2.53 bits per heavy atom. The summed E-state index contributed by atoms with van der Waals surface area (Å²) >= 11 is 0. The summed E-state index contributed by atoms with van der Waals surface area (Å²) in [6, 6.07) is 6.66. The Morgan fingerprint density at radius 2 is 1.89 bits per heavy atom. The molecule has 0 aliphatic carbocycles. The largest absolute Gasteiger partial charge is 0.398 e. The zero-order valence-electron chi connectivity index (χ0n) is 11.0. The molecule has 6 heteroatoms. The molecule has 0 spiro atoms. The lowest BCUT2D eigenvalue weighted by Gasteiger charge is -2.19. The number of benzene rings is 1. The van der Waals surface area contributed by atoms with E-state index in [4.69, 9.17) is 5.73 Å². The second-order valence-electron chi connectivity index (χ2n) is 4.14. The normalized spacial score (nSPS) is 12.2. The molecule has 0 aliphatic rings. The van der Waals surface area contributed by atoms with Crippen molar-refractivity contribution in [3.05, 3.63) is 30.5 Å². The summed E-state index contributed by atoms with van der Waals surface area (Å²) < 4.78 is 26.5. The standard InChI is InChI=1S/C13H17N3O2S/c1-3-16(4-2)19(17,18)12-8-7-11(14)10-6-5-9-15-13(10)12/h5-9H,3-4,14H2,1-2H3.